The van der Waals surface area contributed by atoms with Crippen LogP contribution in [0, 0.1) is 5.41 Å². The van der Waals surface area contributed by atoms with Crippen LogP contribution in [0.2, 0.25) is 0 Å². The number of guanidine groups is 1. The van der Waals surface area contributed by atoms with Crippen molar-refractivity contribution in [3.63, 3.8) is 0 Å². The predicted molar refractivity (Wildman–Crippen MR) is 132 cm³/mol. The molecule has 0 unspecified atom stereocenters. The van der Waals surface area contributed by atoms with Crippen LogP contribution in [0.1, 0.15) is 37.7 Å². The Balaban J connectivity index is 0.00000450. The second kappa shape index (κ2) is 13.7. The van der Waals surface area contributed by atoms with E-state index in [1.165, 1.54) is 25.7 Å². The van der Waals surface area contributed by atoms with E-state index in [0.717, 1.165) is 30.9 Å². The van der Waals surface area contributed by atoms with Crippen LogP contribution in [0.15, 0.2) is 29.3 Å². The smallest absolute Gasteiger partial charge is 0.241 e. The number of likely N-dealkylation sites (N-methyl/N-ethyl adjacent to an activating group) is 1. The van der Waals surface area contributed by atoms with Gasteiger partial charge in [0, 0.05) is 34.4 Å². The number of ether oxygens (including phenoxy) is 2. The summed E-state index contributed by atoms with van der Waals surface area (Å²) in [6, 6.07) is 7.86. The number of carbonyl (C=O) groups is 1. The molecule has 2 N–H and O–H groups in total. The van der Waals surface area contributed by atoms with Gasteiger partial charge in [0.15, 0.2) is 5.96 Å². The maximum atomic E-state index is 12.0. The van der Waals surface area contributed by atoms with E-state index in [2.05, 4.69) is 10.6 Å². The molecule has 1 amide bonds. The largest absolute Gasteiger partial charge is 0.497 e. The van der Waals surface area contributed by atoms with Crippen LogP contribution in [-0.2, 0) is 16.1 Å². The predicted octanol–water partition coefficient (Wildman–Crippen LogP) is 3.03. The van der Waals surface area contributed by atoms with Gasteiger partial charge < -0.3 is 25.0 Å². The van der Waals surface area contributed by atoms with Gasteiger partial charge in [-0.05, 0) is 42.4 Å². The minimum Gasteiger partial charge on any atom is -0.497 e. The van der Waals surface area contributed by atoms with Gasteiger partial charge in [-0.25, -0.2) is 4.99 Å². The third-order valence-electron chi connectivity index (χ3n) is 5.62. The summed E-state index contributed by atoms with van der Waals surface area (Å²) in [6.07, 6.45) is 5.96. The van der Waals surface area contributed by atoms with Gasteiger partial charge in [-0.3, -0.25) is 4.79 Å². The van der Waals surface area contributed by atoms with Crippen molar-refractivity contribution < 1.29 is 14.3 Å². The molecule has 170 valence electrons. The quantitative estimate of drug-likeness (QED) is 0.275. The van der Waals surface area contributed by atoms with Gasteiger partial charge in [0.2, 0.25) is 5.91 Å². The van der Waals surface area contributed by atoms with E-state index in [0.29, 0.717) is 12.5 Å². The van der Waals surface area contributed by atoms with Crippen molar-refractivity contribution in [2.24, 2.45) is 10.4 Å². The summed E-state index contributed by atoms with van der Waals surface area (Å²) in [7, 11) is 6.92. The SMILES string of the molecule is COCCC1(CNC(=NCc2ccc(OC)cc2)NCC(=O)N(C)C)CCCC1.I. The van der Waals surface area contributed by atoms with Crippen molar-refractivity contribution in [3.05, 3.63) is 29.8 Å². The molecule has 1 aromatic rings. The van der Waals surface area contributed by atoms with Gasteiger partial charge in [0.05, 0.1) is 20.2 Å². The number of nitrogens with zero attached hydrogens (tertiary/aromatic N) is 2. The standard InChI is InChI=1S/C22H36N4O3.HI/c1-26(2)20(27)16-24-21(23-15-18-7-9-19(29-4)10-8-18)25-17-22(13-14-28-3)11-5-6-12-22;/h7-10H,5-6,11-17H2,1-4H3,(H2,23,24,25);1H. The van der Waals surface area contributed by atoms with Gasteiger partial charge in [0.1, 0.15) is 5.75 Å². The maximum absolute atomic E-state index is 12.0. The number of methoxy groups -OCH3 is 2. The lowest BCUT2D eigenvalue weighted by Gasteiger charge is -2.30. The number of hydrogen-bond acceptors (Lipinski definition) is 4. The van der Waals surface area contributed by atoms with Crippen molar-refractivity contribution >= 4 is 35.8 Å². The number of amides is 1. The molecule has 1 saturated carbocycles. The highest BCUT2D eigenvalue weighted by Gasteiger charge is 2.33. The molecule has 0 atom stereocenters. The first-order valence-corrected chi connectivity index (χ1v) is 10.3. The summed E-state index contributed by atoms with van der Waals surface area (Å²) in [6.45, 7) is 2.35. The Morgan fingerprint density at radius 3 is 2.37 bits per heavy atom. The van der Waals surface area contributed by atoms with E-state index >= 15 is 0 Å². The molecule has 0 radical (unpaired) electrons. The molecule has 0 heterocycles. The maximum Gasteiger partial charge on any atom is 0.241 e. The summed E-state index contributed by atoms with van der Waals surface area (Å²) in [5.41, 5.74) is 1.32. The Hall–Kier alpha value is -1.55. The molecule has 0 bridgehead atoms. The first-order valence-electron chi connectivity index (χ1n) is 10.3. The Bertz CT molecular complexity index is 659. The van der Waals surface area contributed by atoms with Crippen molar-refractivity contribution in [2.75, 3.05) is 48.0 Å². The Kier molecular flexibility index (Phi) is 12.1. The van der Waals surface area contributed by atoms with E-state index in [9.17, 15) is 4.79 Å². The van der Waals surface area contributed by atoms with Crippen molar-refractivity contribution in [3.8, 4) is 5.75 Å². The minimum absolute atomic E-state index is 0. The zero-order valence-corrected chi connectivity index (χ0v) is 21.0. The Labute approximate surface area is 198 Å². The van der Waals surface area contributed by atoms with Gasteiger partial charge in [-0.15, -0.1) is 24.0 Å². The second-order valence-corrected chi connectivity index (χ2v) is 7.96. The van der Waals surface area contributed by atoms with E-state index < -0.39 is 0 Å². The number of hydrogen-bond donors (Lipinski definition) is 2. The molecule has 0 aliphatic heterocycles. The van der Waals surface area contributed by atoms with Crippen molar-refractivity contribution in [1.29, 1.82) is 0 Å². The highest BCUT2D eigenvalue weighted by Crippen LogP contribution is 2.40. The van der Waals surface area contributed by atoms with Crippen LogP contribution in [0.3, 0.4) is 0 Å². The first kappa shape index (κ1) is 26.5. The molecule has 0 spiro atoms. The van der Waals surface area contributed by atoms with Crippen LogP contribution in [-0.4, -0.2) is 64.8 Å². The number of rotatable bonds is 10. The highest BCUT2D eigenvalue weighted by molar-refractivity contribution is 14.0. The number of nitrogens with one attached hydrogen (secondary N) is 2. The molecule has 30 heavy (non-hydrogen) atoms. The zero-order valence-electron chi connectivity index (χ0n) is 18.7. The fourth-order valence-corrected chi connectivity index (χ4v) is 3.62. The molecule has 2 rings (SSSR count). The molecule has 1 fully saturated rings. The topological polar surface area (TPSA) is 75.2 Å². The third-order valence-corrected chi connectivity index (χ3v) is 5.62. The van der Waals surface area contributed by atoms with Crippen molar-refractivity contribution in [1.82, 2.24) is 15.5 Å². The molecule has 0 aromatic heterocycles. The summed E-state index contributed by atoms with van der Waals surface area (Å²) >= 11 is 0. The number of carbonyl (C=O) groups excluding carboxylic acids is 1. The van der Waals surface area contributed by atoms with Crippen LogP contribution in [0.25, 0.3) is 0 Å². The summed E-state index contributed by atoms with van der Waals surface area (Å²) in [5.74, 6) is 1.51. The van der Waals surface area contributed by atoms with Crippen LogP contribution >= 0.6 is 24.0 Å². The van der Waals surface area contributed by atoms with E-state index in [-0.39, 0.29) is 41.8 Å². The molecular weight excluding hydrogens is 495 g/mol. The number of halogens is 1. The first-order chi connectivity index (χ1) is 14.0. The van der Waals surface area contributed by atoms with Gasteiger partial charge in [-0.1, -0.05) is 25.0 Å². The second-order valence-electron chi connectivity index (χ2n) is 7.96. The third kappa shape index (κ3) is 8.67. The fraction of sp³-hybridized carbons (Fsp3) is 0.636. The van der Waals surface area contributed by atoms with Crippen LogP contribution < -0.4 is 15.4 Å². The van der Waals surface area contributed by atoms with Crippen LogP contribution in [0.5, 0.6) is 5.75 Å². The fourth-order valence-electron chi connectivity index (χ4n) is 3.62. The summed E-state index contributed by atoms with van der Waals surface area (Å²) < 4.78 is 10.5. The molecule has 1 aliphatic rings. The molecule has 1 aromatic carbocycles. The summed E-state index contributed by atoms with van der Waals surface area (Å²) in [4.78, 5) is 18.3. The number of aliphatic imine (C=N–C) groups is 1. The monoisotopic (exact) mass is 532 g/mol. The van der Waals surface area contributed by atoms with Gasteiger partial charge >= 0.3 is 0 Å². The molecule has 1 aliphatic carbocycles. The van der Waals surface area contributed by atoms with E-state index in [4.69, 9.17) is 14.5 Å². The Morgan fingerprint density at radius 1 is 1.13 bits per heavy atom. The van der Waals surface area contributed by atoms with Crippen molar-refractivity contribution in [2.45, 2.75) is 38.6 Å². The normalized spacial score (nSPS) is 15.3. The summed E-state index contributed by atoms with van der Waals surface area (Å²) in [5, 5.41) is 6.67. The highest BCUT2D eigenvalue weighted by atomic mass is 127. The number of benzene rings is 1. The minimum atomic E-state index is 0. The molecular formula is C22H37IN4O3. The Morgan fingerprint density at radius 2 is 1.80 bits per heavy atom. The lowest BCUT2D eigenvalue weighted by atomic mass is 9.83. The average Bonchev–Trinajstić information content (AvgIpc) is 3.20. The zero-order chi connectivity index (χ0) is 21.1. The van der Waals surface area contributed by atoms with Crippen LogP contribution in [0.4, 0.5) is 0 Å². The lowest BCUT2D eigenvalue weighted by molar-refractivity contribution is -0.127. The molecule has 7 nitrogen and oxygen atoms in total. The van der Waals surface area contributed by atoms with Gasteiger partial charge in [-0.2, -0.15) is 0 Å². The molecule has 0 saturated heterocycles. The average molecular weight is 532 g/mol. The molecule has 8 heteroatoms. The van der Waals surface area contributed by atoms with E-state index in [1.54, 1.807) is 33.2 Å². The van der Waals surface area contributed by atoms with Gasteiger partial charge in [0.25, 0.3) is 0 Å². The lowest BCUT2D eigenvalue weighted by Crippen LogP contribution is -2.46. The van der Waals surface area contributed by atoms with E-state index in [1.807, 2.05) is 24.3 Å².